The molecule has 348 valence electrons. The Morgan fingerprint density at radius 3 is 1.17 bits per heavy atom. The fourth-order valence-corrected chi connectivity index (χ4v) is 8.53. The maximum Gasteiger partial charge on any atom is 0.268 e. The number of nitrogens with one attached hydrogen (secondary N) is 1. The number of carbonyl (C=O) groups is 1. The smallest absolute Gasteiger partial charge is 0.268 e. The molecule has 0 aliphatic rings. The van der Waals surface area contributed by atoms with E-state index < -0.39 is 20.0 Å². The Labute approximate surface area is 361 Å². The van der Waals surface area contributed by atoms with E-state index in [0.29, 0.717) is 23.9 Å². The maximum atomic E-state index is 12.9. The van der Waals surface area contributed by atoms with Gasteiger partial charge in [0.2, 0.25) is 5.91 Å². The van der Waals surface area contributed by atoms with Gasteiger partial charge in [0.05, 0.1) is 39.9 Å². The van der Waals surface area contributed by atoms with E-state index in [9.17, 15) is 19.4 Å². The molecule has 0 saturated heterocycles. The van der Waals surface area contributed by atoms with Crippen molar-refractivity contribution < 1.29 is 32.9 Å². The number of amides is 1. The molecule has 58 heavy (non-hydrogen) atoms. The number of rotatable bonds is 47. The van der Waals surface area contributed by atoms with Gasteiger partial charge in [0, 0.05) is 6.42 Å². The van der Waals surface area contributed by atoms with Crippen molar-refractivity contribution >= 4 is 13.7 Å². The Morgan fingerprint density at radius 2 is 0.845 bits per heavy atom. The predicted molar refractivity (Wildman–Crippen MR) is 247 cm³/mol. The van der Waals surface area contributed by atoms with Gasteiger partial charge < -0.3 is 28.8 Å². The van der Waals surface area contributed by atoms with Gasteiger partial charge in [-0.25, -0.2) is 0 Å². The van der Waals surface area contributed by atoms with E-state index in [1.165, 1.54) is 193 Å². The molecule has 0 heterocycles. The van der Waals surface area contributed by atoms with Crippen LogP contribution in [0.25, 0.3) is 0 Å². The summed E-state index contributed by atoms with van der Waals surface area (Å²) in [6.07, 6.45) is 47.1. The van der Waals surface area contributed by atoms with Gasteiger partial charge in [0.1, 0.15) is 13.2 Å². The maximum absolute atomic E-state index is 12.9. The number of aliphatic hydroxyl groups is 1. The van der Waals surface area contributed by atoms with Crippen molar-refractivity contribution in [2.24, 2.45) is 0 Å². The number of unbranched alkanes of at least 4 members (excludes halogenated alkanes) is 34. The molecule has 0 rings (SSSR count). The number of aliphatic hydroxyl groups excluding tert-OH is 1. The van der Waals surface area contributed by atoms with Gasteiger partial charge in [0.15, 0.2) is 0 Å². The van der Waals surface area contributed by atoms with Crippen LogP contribution >= 0.6 is 7.82 Å². The molecule has 8 nitrogen and oxygen atoms in total. The van der Waals surface area contributed by atoms with E-state index in [4.69, 9.17) is 9.05 Å². The van der Waals surface area contributed by atoms with E-state index in [1.54, 1.807) is 0 Å². The van der Waals surface area contributed by atoms with Crippen molar-refractivity contribution in [3.8, 4) is 0 Å². The van der Waals surface area contributed by atoms with Crippen LogP contribution in [0, 0.1) is 0 Å². The highest BCUT2D eigenvalue weighted by Gasteiger charge is 2.24. The second kappa shape index (κ2) is 41.8. The highest BCUT2D eigenvalue weighted by molar-refractivity contribution is 7.45. The molecular weight excluding hydrogens is 744 g/mol. The van der Waals surface area contributed by atoms with Gasteiger partial charge in [0.25, 0.3) is 7.82 Å². The summed E-state index contributed by atoms with van der Waals surface area (Å²) in [4.78, 5) is 25.3. The fourth-order valence-electron chi connectivity index (χ4n) is 7.81. The normalized spacial score (nSPS) is 14.1. The minimum Gasteiger partial charge on any atom is -0.756 e. The number of carbonyl (C=O) groups excluding carboxylic acids is 1. The summed E-state index contributed by atoms with van der Waals surface area (Å²) in [5.74, 6) is -0.161. The first-order chi connectivity index (χ1) is 28.0. The summed E-state index contributed by atoms with van der Waals surface area (Å²) in [5, 5.41) is 13.9. The van der Waals surface area contributed by atoms with Gasteiger partial charge in [-0.2, -0.15) is 0 Å². The zero-order chi connectivity index (χ0) is 42.8. The lowest BCUT2D eigenvalue weighted by atomic mass is 10.0. The van der Waals surface area contributed by atoms with Crippen LogP contribution in [0.2, 0.25) is 0 Å². The summed E-state index contributed by atoms with van der Waals surface area (Å²) in [6, 6.07) is -0.792. The first kappa shape index (κ1) is 57.5. The molecule has 0 aliphatic heterocycles. The summed E-state index contributed by atoms with van der Waals surface area (Å²) < 4.78 is 23.2. The van der Waals surface area contributed by atoms with E-state index in [0.717, 1.165) is 38.5 Å². The monoisotopic (exact) mass is 845 g/mol. The molecule has 0 saturated carbocycles. The quantitative estimate of drug-likeness (QED) is 0.0359. The number of hydrogen-bond donors (Lipinski definition) is 2. The van der Waals surface area contributed by atoms with Crippen LogP contribution in [-0.2, 0) is 18.4 Å². The summed E-state index contributed by atoms with van der Waals surface area (Å²) >= 11 is 0. The molecule has 1 amide bonds. The average Bonchev–Trinajstić information content (AvgIpc) is 3.17. The molecule has 0 aromatic carbocycles. The van der Waals surface area contributed by atoms with Gasteiger partial charge in [-0.05, 0) is 12.8 Å². The van der Waals surface area contributed by atoms with Crippen LogP contribution < -0.4 is 10.2 Å². The van der Waals surface area contributed by atoms with Crippen molar-refractivity contribution in [1.82, 2.24) is 5.32 Å². The molecule has 9 heteroatoms. The SMILES string of the molecule is CCCCCCCCCCCCCCCCCCCCCCCCCCCCCC(=O)N[C@@H](COP(=O)([O-])OCC[N+](C)(C)C)[C@H](O)CCCCCCCCCCC. The third kappa shape index (κ3) is 43.6. The molecule has 0 aromatic rings. The van der Waals surface area contributed by atoms with Crippen LogP contribution in [0.4, 0.5) is 0 Å². The fraction of sp³-hybridized carbons (Fsp3) is 0.980. The summed E-state index contributed by atoms with van der Waals surface area (Å²) in [5.41, 5.74) is 0. The lowest BCUT2D eigenvalue weighted by Crippen LogP contribution is -2.46. The Balaban J connectivity index is 3.98. The van der Waals surface area contributed by atoms with Crippen LogP contribution in [0.5, 0.6) is 0 Å². The van der Waals surface area contributed by atoms with E-state index in [2.05, 4.69) is 19.2 Å². The van der Waals surface area contributed by atoms with E-state index in [1.807, 2.05) is 21.1 Å². The minimum absolute atomic E-state index is 0.0158. The van der Waals surface area contributed by atoms with Crippen molar-refractivity contribution in [3.05, 3.63) is 0 Å². The molecule has 0 fully saturated rings. The molecule has 2 N–H and O–H groups in total. The zero-order valence-corrected chi connectivity index (χ0v) is 40.4. The van der Waals surface area contributed by atoms with Gasteiger partial charge in [-0.15, -0.1) is 0 Å². The number of phosphoric acid groups is 1. The molecule has 0 spiro atoms. The standard InChI is InChI=1S/C49H101N2O6P/c1-6-8-10-12-14-16-17-18-19-20-21-22-23-24-25-26-27-28-29-30-31-32-33-35-37-39-41-43-49(53)50-47(46-57-58(54,55)56-45-44-51(3,4)5)48(52)42-40-38-36-34-15-13-11-9-7-2/h47-48,52H,6-46H2,1-5H3,(H-,50,53,54,55)/t47-,48+/m0/s1. The summed E-state index contributed by atoms with van der Waals surface area (Å²) in [6.45, 7) is 4.72. The van der Waals surface area contributed by atoms with Crippen LogP contribution in [0.3, 0.4) is 0 Å². The zero-order valence-electron chi connectivity index (χ0n) is 39.5. The largest absolute Gasteiger partial charge is 0.756 e. The Kier molecular flexibility index (Phi) is 41.5. The predicted octanol–water partition coefficient (Wildman–Crippen LogP) is 13.9. The van der Waals surface area contributed by atoms with Gasteiger partial charge in [-0.3, -0.25) is 9.36 Å². The highest BCUT2D eigenvalue weighted by Crippen LogP contribution is 2.38. The Morgan fingerprint density at radius 1 is 0.534 bits per heavy atom. The molecule has 0 radical (unpaired) electrons. The first-order valence-electron chi connectivity index (χ1n) is 25.4. The Bertz CT molecular complexity index is 916. The molecule has 3 atom stereocenters. The number of nitrogens with zero attached hydrogens (tertiary/aromatic N) is 1. The Hall–Kier alpha value is -0.500. The van der Waals surface area contributed by atoms with Crippen molar-refractivity contribution in [1.29, 1.82) is 0 Å². The molecular formula is C49H101N2O6P. The van der Waals surface area contributed by atoms with Crippen molar-refractivity contribution in [3.63, 3.8) is 0 Å². The van der Waals surface area contributed by atoms with Crippen LogP contribution in [0.1, 0.15) is 258 Å². The number of hydrogen-bond acceptors (Lipinski definition) is 6. The molecule has 0 bridgehead atoms. The average molecular weight is 845 g/mol. The lowest BCUT2D eigenvalue weighted by Gasteiger charge is -2.30. The summed E-state index contributed by atoms with van der Waals surface area (Å²) in [7, 11) is 1.32. The third-order valence-corrected chi connectivity index (χ3v) is 12.8. The van der Waals surface area contributed by atoms with E-state index >= 15 is 0 Å². The molecule has 0 aromatic heterocycles. The highest BCUT2D eigenvalue weighted by atomic mass is 31.2. The second-order valence-electron chi connectivity index (χ2n) is 18.9. The lowest BCUT2D eigenvalue weighted by molar-refractivity contribution is -0.870. The first-order valence-corrected chi connectivity index (χ1v) is 26.8. The third-order valence-electron chi connectivity index (χ3n) is 11.8. The van der Waals surface area contributed by atoms with Crippen LogP contribution in [0.15, 0.2) is 0 Å². The van der Waals surface area contributed by atoms with Crippen molar-refractivity contribution in [2.45, 2.75) is 270 Å². The van der Waals surface area contributed by atoms with Gasteiger partial charge in [-0.1, -0.05) is 239 Å². The minimum atomic E-state index is -4.55. The van der Waals surface area contributed by atoms with E-state index in [-0.39, 0.29) is 19.1 Å². The van der Waals surface area contributed by atoms with Gasteiger partial charge >= 0.3 is 0 Å². The van der Waals surface area contributed by atoms with Crippen molar-refractivity contribution in [2.75, 3.05) is 40.9 Å². The second-order valence-corrected chi connectivity index (χ2v) is 20.3. The molecule has 1 unspecified atom stereocenters. The molecule has 0 aliphatic carbocycles. The van der Waals surface area contributed by atoms with Crippen LogP contribution in [-0.4, -0.2) is 68.5 Å². The number of quaternary nitrogens is 1. The topological polar surface area (TPSA) is 108 Å². The number of phosphoric ester groups is 1. The number of likely N-dealkylation sites (N-methyl/N-ethyl adjacent to an activating group) is 1.